The monoisotopic (exact) mass is 493 g/mol. The predicted octanol–water partition coefficient (Wildman–Crippen LogP) is 3.95. The Hall–Kier alpha value is -3.96. The van der Waals surface area contributed by atoms with Gasteiger partial charge in [0.2, 0.25) is 5.95 Å². The van der Waals surface area contributed by atoms with Crippen LogP contribution in [-0.4, -0.2) is 66.5 Å². The van der Waals surface area contributed by atoms with Crippen LogP contribution in [0, 0.1) is 0 Å². The Kier molecular flexibility index (Phi) is 7.58. The summed E-state index contributed by atoms with van der Waals surface area (Å²) in [4.78, 5) is 11.0. The number of anilines is 3. The molecule has 0 radical (unpaired) electrons. The van der Waals surface area contributed by atoms with Crippen LogP contribution in [-0.2, 0) is 0 Å². The normalized spacial score (nSPS) is 10.9. The summed E-state index contributed by atoms with van der Waals surface area (Å²) < 4.78 is 16.5. The molecule has 2 aromatic carbocycles. The van der Waals surface area contributed by atoms with Crippen LogP contribution < -0.4 is 25.3 Å². The smallest absolute Gasteiger partial charge is 0.227 e. The number of likely N-dealkylation sites (N-methyl/N-ethyl adjacent to an activating group) is 1. The number of hydrogen-bond donors (Lipinski definition) is 2. The van der Waals surface area contributed by atoms with Crippen molar-refractivity contribution < 1.29 is 14.2 Å². The summed E-state index contributed by atoms with van der Waals surface area (Å²) in [7, 11) is 7.18. The fourth-order valence-electron chi connectivity index (χ4n) is 3.14. The van der Waals surface area contributed by atoms with E-state index >= 15 is 0 Å². The number of benzene rings is 2. The van der Waals surface area contributed by atoms with Crippen molar-refractivity contribution in [1.29, 1.82) is 0 Å². The summed E-state index contributed by atoms with van der Waals surface area (Å²) in [6.07, 6.45) is 1.66. The van der Waals surface area contributed by atoms with Crippen LogP contribution >= 0.6 is 11.3 Å². The van der Waals surface area contributed by atoms with Crippen LogP contribution in [0.15, 0.2) is 48.7 Å². The van der Waals surface area contributed by atoms with E-state index in [1.165, 1.54) is 11.3 Å². The minimum atomic E-state index is 0.377. The number of nitrogens with two attached hydrogens (primary N) is 1. The standard InChI is InChI=1S/C24H27N7O3S/c1-31(2)11-12-34-20-14-21(33-4)19(13-17(20)25)28-24-26-10-9-18(27-24)23-30-29-22(35-23)15-5-7-16(32-3)8-6-15/h5-10,13-14H,11-12,25H2,1-4H3,(H,26,27,28). The molecule has 0 fully saturated rings. The molecule has 4 rings (SSSR count). The molecule has 0 spiro atoms. The minimum Gasteiger partial charge on any atom is -0.497 e. The van der Waals surface area contributed by atoms with Crippen LogP contribution in [0.5, 0.6) is 17.2 Å². The van der Waals surface area contributed by atoms with Gasteiger partial charge in [0, 0.05) is 24.4 Å². The van der Waals surface area contributed by atoms with Crippen molar-refractivity contribution in [3.8, 4) is 38.5 Å². The number of rotatable bonds is 10. The summed E-state index contributed by atoms with van der Waals surface area (Å²) in [6, 6.07) is 13.0. The molecular formula is C24H27N7O3S. The summed E-state index contributed by atoms with van der Waals surface area (Å²) in [5.74, 6) is 2.28. The highest BCUT2D eigenvalue weighted by atomic mass is 32.1. The van der Waals surface area contributed by atoms with Gasteiger partial charge in [-0.05, 0) is 50.5 Å². The highest BCUT2D eigenvalue weighted by molar-refractivity contribution is 7.17. The molecule has 0 aliphatic rings. The van der Waals surface area contributed by atoms with Crippen LogP contribution in [0.2, 0.25) is 0 Å². The molecule has 2 heterocycles. The molecule has 11 heteroatoms. The van der Waals surface area contributed by atoms with Crippen molar-refractivity contribution in [1.82, 2.24) is 25.1 Å². The first-order valence-corrected chi connectivity index (χ1v) is 11.6. The first kappa shape index (κ1) is 24.2. The van der Waals surface area contributed by atoms with Gasteiger partial charge in [-0.3, -0.25) is 0 Å². The first-order valence-electron chi connectivity index (χ1n) is 10.8. The van der Waals surface area contributed by atoms with Crippen molar-refractivity contribution >= 4 is 28.7 Å². The van der Waals surface area contributed by atoms with Gasteiger partial charge in [-0.1, -0.05) is 11.3 Å². The van der Waals surface area contributed by atoms with Gasteiger partial charge in [0.05, 0.1) is 25.6 Å². The fourth-order valence-corrected chi connectivity index (χ4v) is 3.96. The molecule has 0 unspecified atom stereocenters. The number of ether oxygens (including phenoxy) is 3. The van der Waals surface area contributed by atoms with E-state index in [0.717, 1.165) is 22.9 Å². The number of nitrogens with one attached hydrogen (secondary N) is 1. The number of aromatic nitrogens is 4. The van der Waals surface area contributed by atoms with Gasteiger partial charge >= 0.3 is 0 Å². The molecule has 4 aromatic rings. The van der Waals surface area contributed by atoms with Crippen molar-refractivity contribution in [3.63, 3.8) is 0 Å². The van der Waals surface area contributed by atoms with E-state index in [2.05, 4.69) is 25.5 Å². The number of methoxy groups -OCH3 is 2. The molecule has 3 N–H and O–H groups in total. The van der Waals surface area contributed by atoms with Crippen molar-refractivity contribution in [2.75, 3.05) is 52.5 Å². The van der Waals surface area contributed by atoms with Crippen molar-refractivity contribution in [2.24, 2.45) is 0 Å². The van der Waals surface area contributed by atoms with Gasteiger partial charge < -0.3 is 30.2 Å². The molecule has 0 aliphatic carbocycles. The molecule has 0 saturated heterocycles. The third-order valence-corrected chi connectivity index (χ3v) is 6.01. The van der Waals surface area contributed by atoms with Crippen LogP contribution in [0.4, 0.5) is 17.3 Å². The molecule has 0 saturated carbocycles. The third kappa shape index (κ3) is 5.94. The highest BCUT2D eigenvalue weighted by Gasteiger charge is 2.14. The molecule has 35 heavy (non-hydrogen) atoms. The molecule has 10 nitrogen and oxygen atoms in total. The third-order valence-electron chi connectivity index (χ3n) is 5.01. The molecule has 2 aromatic heterocycles. The Bertz CT molecular complexity index is 1280. The van der Waals surface area contributed by atoms with Gasteiger partial charge in [0.1, 0.15) is 34.6 Å². The van der Waals surface area contributed by atoms with Gasteiger partial charge in [-0.25, -0.2) is 9.97 Å². The topological polar surface area (TPSA) is 121 Å². The lowest BCUT2D eigenvalue weighted by Crippen LogP contribution is -2.19. The van der Waals surface area contributed by atoms with E-state index < -0.39 is 0 Å². The number of nitrogen functional groups attached to an aromatic ring is 1. The zero-order valence-corrected chi connectivity index (χ0v) is 20.8. The maximum absolute atomic E-state index is 6.21. The Morgan fingerprint density at radius 2 is 1.74 bits per heavy atom. The van der Waals surface area contributed by atoms with Crippen LogP contribution in [0.1, 0.15) is 0 Å². The van der Waals surface area contributed by atoms with Gasteiger partial charge in [0.15, 0.2) is 5.01 Å². The van der Waals surface area contributed by atoms with Crippen molar-refractivity contribution in [3.05, 3.63) is 48.7 Å². The largest absolute Gasteiger partial charge is 0.497 e. The summed E-state index contributed by atoms with van der Waals surface area (Å²) >= 11 is 1.44. The average Bonchev–Trinajstić information content (AvgIpc) is 3.36. The van der Waals surface area contributed by atoms with Gasteiger partial charge in [-0.15, -0.1) is 10.2 Å². The predicted molar refractivity (Wildman–Crippen MR) is 138 cm³/mol. The van der Waals surface area contributed by atoms with Gasteiger partial charge in [0.25, 0.3) is 0 Å². The lowest BCUT2D eigenvalue weighted by atomic mass is 10.2. The van der Waals surface area contributed by atoms with Crippen LogP contribution in [0.25, 0.3) is 21.3 Å². The van der Waals surface area contributed by atoms with E-state index in [1.54, 1.807) is 38.6 Å². The quantitative estimate of drug-likeness (QED) is 0.314. The molecule has 0 amide bonds. The fraction of sp³-hybridized carbons (Fsp3) is 0.250. The molecule has 0 atom stereocenters. The zero-order chi connectivity index (χ0) is 24.8. The first-order chi connectivity index (χ1) is 17.0. The molecule has 182 valence electrons. The molecule has 0 aliphatic heterocycles. The summed E-state index contributed by atoms with van der Waals surface area (Å²) in [5, 5.41) is 13.3. The number of nitrogens with zero attached hydrogens (tertiary/aromatic N) is 5. The number of hydrogen-bond acceptors (Lipinski definition) is 11. The van der Waals surface area contributed by atoms with Crippen LogP contribution in [0.3, 0.4) is 0 Å². The SMILES string of the molecule is COc1ccc(-c2nnc(-c3ccnc(Nc4cc(N)c(OCCN(C)C)cc4OC)n3)s2)cc1. The maximum atomic E-state index is 6.21. The van der Waals surface area contributed by atoms with E-state index in [1.807, 2.05) is 43.3 Å². The van der Waals surface area contributed by atoms with E-state index in [-0.39, 0.29) is 0 Å². The average molecular weight is 494 g/mol. The lowest BCUT2D eigenvalue weighted by molar-refractivity contribution is 0.261. The Morgan fingerprint density at radius 3 is 2.46 bits per heavy atom. The zero-order valence-electron chi connectivity index (χ0n) is 20.0. The second-order valence-corrected chi connectivity index (χ2v) is 8.75. The summed E-state index contributed by atoms with van der Waals surface area (Å²) in [6.45, 7) is 1.28. The Balaban J connectivity index is 1.52. The second-order valence-electron chi connectivity index (χ2n) is 7.77. The Morgan fingerprint density at radius 1 is 0.971 bits per heavy atom. The van der Waals surface area contributed by atoms with E-state index in [4.69, 9.17) is 19.9 Å². The molecular weight excluding hydrogens is 466 g/mol. The second kappa shape index (κ2) is 11.0. The van der Waals surface area contributed by atoms with Crippen molar-refractivity contribution in [2.45, 2.75) is 0 Å². The minimum absolute atomic E-state index is 0.377. The summed E-state index contributed by atoms with van der Waals surface area (Å²) in [5.41, 5.74) is 8.92. The Labute approximate surface area is 207 Å². The van der Waals surface area contributed by atoms with Gasteiger partial charge in [-0.2, -0.15) is 0 Å². The highest BCUT2D eigenvalue weighted by Crippen LogP contribution is 2.36. The lowest BCUT2D eigenvalue weighted by Gasteiger charge is -2.16. The van der Waals surface area contributed by atoms with E-state index in [0.29, 0.717) is 46.1 Å². The maximum Gasteiger partial charge on any atom is 0.227 e. The molecule has 0 bridgehead atoms. The van der Waals surface area contributed by atoms with E-state index in [9.17, 15) is 0 Å².